The fraction of sp³-hybridized carbons (Fsp3) is 0.278. The first-order chi connectivity index (χ1) is 21.4. The minimum atomic E-state index is -0.475. The zero-order valence-electron chi connectivity index (χ0n) is 25.3. The quantitative estimate of drug-likeness (QED) is 0.240. The molecule has 0 aliphatic carbocycles. The molecule has 8 nitrogen and oxygen atoms in total. The van der Waals surface area contributed by atoms with Crippen LogP contribution < -0.4 is 4.90 Å². The van der Waals surface area contributed by atoms with Crippen molar-refractivity contribution in [3.05, 3.63) is 131 Å². The number of esters is 1. The summed E-state index contributed by atoms with van der Waals surface area (Å²) >= 11 is 0. The maximum Gasteiger partial charge on any atom is 0.337 e. The molecular weight excluding hydrogens is 552 g/mol. The molecule has 2 heterocycles. The third-order valence-corrected chi connectivity index (χ3v) is 8.60. The number of ether oxygens (including phenoxy) is 1. The monoisotopic (exact) mass is 590 g/mol. The zero-order valence-corrected chi connectivity index (χ0v) is 25.3. The molecule has 4 aromatic carbocycles. The molecule has 4 unspecified atom stereocenters. The Morgan fingerprint density at radius 3 is 2.36 bits per heavy atom. The fourth-order valence-electron chi connectivity index (χ4n) is 6.32. The average molecular weight is 591 g/mol. The highest BCUT2D eigenvalue weighted by Gasteiger charge is 2.35. The van der Waals surface area contributed by atoms with Crippen molar-refractivity contribution in [3.8, 4) is 5.75 Å². The van der Waals surface area contributed by atoms with E-state index in [4.69, 9.17) is 9.57 Å². The third-order valence-electron chi connectivity index (χ3n) is 8.60. The summed E-state index contributed by atoms with van der Waals surface area (Å²) in [5, 5.41) is 14.6. The van der Waals surface area contributed by atoms with Crippen LogP contribution in [0.25, 0.3) is 0 Å². The van der Waals surface area contributed by atoms with Gasteiger partial charge in [-0.3, -0.25) is 14.7 Å². The maximum absolute atomic E-state index is 11.9. The van der Waals surface area contributed by atoms with E-state index in [1.807, 2.05) is 35.2 Å². The molecule has 0 spiro atoms. The molecule has 226 valence electrons. The van der Waals surface area contributed by atoms with Gasteiger partial charge in [0, 0.05) is 43.0 Å². The predicted molar refractivity (Wildman–Crippen MR) is 171 cm³/mol. The van der Waals surface area contributed by atoms with Crippen LogP contribution in [0.15, 0.2) is 108 Å². The van der Waals surface area contributed by atoms with Crippen LogP contribution in [0.3, 0.4) is 0 Å². The molecule has 8 heteroatoms. The Labute approximate surface area is 258 Å². The van der Waals surface area contributed by atoms with E-state index >= 15 is 0 Å². The van der Waals surface area contributed by atoms with E-state index in [1.54, 1.807) is 24.5 Å². The van der Waals surface area contributed by atoms with Gasteiger partial charge in [0.2, 0.25) is 6.23 Å². The topological polar surface area (TPSA) is 77.8 Å². The van der Waals surface area contributed by atoms with E-state index in [-0.39, 0.29) is 23.8 Å². The smallest absolute Gasteiger partial charge is 0.337 e. The number of nitrogens with zero attached hydrogens (tertiary/aromatic N) is 4. The van der Waals surface area contributed by atoms with Gasteiger partial charge in [0.05, 0.1) is 18.7 Å². The van der Waals surface area contributed by atoms with Crippen molar-refractivity contribution < 1.29 is 19.5 Å². The van der Waals surface area contributed by atoms with Crippen molar-refractivity contribution in [1.29, 1.82) is 0 Å². The number of hydrogen-bond donors (Lipinski definition) is 1. The molecule has 1 fully saturated rings. The van der Waals surface area contributed by atoms with Gasteiger partial charge in [-0.25, -0.2) is 4.79 Å². The van der Waals surface area contributed by atoms with E-state index in [2.05, 4.69) is 83.4 Å². The Morgan fingerprint density at radius 2 is 1.64 bits per heavy atom. The summed E-state index contributed by atoms with van der Waals surface area (Å²) in [6.07, 6.45) is 1.21. The highest BCUT2D eigenvalue weighted by atomic mass is 16.7. The van der Waals surface area contributed by atoms with Crippen molar-refractivity contribution in [1.82, 2.24) is 9.80 Å². The normalized spacial score (nSPS) is 21.2. The number of phenolic OH excluding ortho intramolecular Hbond substituents is 1. The first-order valence-corrected chi connectivity index (χ1v) is 15.0. The Balaban J connectivity index is 1.30. The van der Waals surface area contributed by atoms with Gasteiger partial charge >= 0.3 is 5.97 Å². The zero-order chi connectivity index (χ0) is 30.6. The Kier molecular flexibility index (Phi) is 8.63. The molecular formula is C36H38N4O4. The van der Waals surface area contributed by atoms with Gasteiger partial charge < -0.3 is 14.7 Å². The molecule has 0 saturated carbocycles. The first kappa shape index (κ1) is 29.4. The average Bonchev–Trinajstić information content (AvgIpc) is 3.54. The Bertz CT molecular complexity index is 1610. The van der Waals surface area contributed by atoms with Crippen LogP contribution in [0, 0.1) is 0 Å². The summed E-state index contributed by atoms with van der Waals surface area (Å²) in [7, 11) is 1.37. The van der Waals surface area contributed by atoms with Gasteiger partial charge in [-0.1, -0.05) is 71.9 Å². The molecule has 0 radical (unpaired) electrons. The molecule has 6 rings (SSSR count). The number of methoxy groups -OCH3 is 1. The number of piperazine rings is 1. The lowest BCUT2D eigenvalue weighted by Gasteiger charge is -2.48. The summed E-state index contributed by atoms with van der Waals surface area (Å²) < 4.78 is 4.84. The number of benzene rings is 4. The molecule has 1 N–H and O–H groups in total. The van der Waals surface area contributed by atoms with E-state index in [0.717, 1.165) is 42.0 Å². The number of rotatable bonds is 8. The highest BCUT2D eigenvalue weighted by Crippen LogP contribution is 2.38. The summed E-state index contributed by atoms with van der Waals surface area (Å²) in [6, 6.07) is 34.4. The van der Waals surface area contributed by atoms with Gasteiger partial charge in [-0.05, 0) is 66.9 Å². The lowest BCUT2D eigenvalue weighted by molar-refractivity contribution is 0.0195. The maximum atomic E-state index is 11.9. The van der Waals surface area contributed by atoms with E-state index in [0.29, 0.717) is 11.6 Å². The van der Waals surface area contributed by atoms with Crippen LogP contribution in [-0.4, -0.2) is 59.5 Å². The van der Waals surface area contributed by atoms with Crippen molar-refractivity contribution in [3.63, 3.8) is 0 Å². The summed E-state index contributed by atoms with van der Waals surface area (Å²) in [4.78, 5) is 24.8. The van der Waals surface area contributed by atoms with Crippen LogP contribution in [0.1, 0.15) is 58.7 Å². The molecule has 2 aliphatic rings. The Hall–Kier alpha value is -4.66. The third kappa shape index (κ3) is 6.18. The minimum Gasteiger partial charge on any atom is -0.508 e. The van der Waals surface area contributed by atoms with Gasteiger partial charge in [0.15, 0.2) is 0 Å². The van der Waals surface area contributed by atoms with Crippen molar-refractivity contribution >= 4 is 18.0 Å². The SMILES string of the molecule is COC(=O)c1ccc(C2ON=CN2c2cccc(C(c3cccc(O)c3)N3CC(C)N(Cc4ccccc4)CC3C)c2)cc1. The van der Waals surface area contributed by atoms with Crippen molar-refractivity contribution in [2.45, 2.75) is 44.7 Å². The van der Waals surface area contributed by atoms with E-state index in [9.17, 15) is 9.90 Å². The molecule has 1 saturated heterocycles. The van der Waals surface area contributed by atoms with Crippen LogP contribution in [0.2, 0.25) is 0 Å². The standard InChI is InChI=1S/C36H38N4O4/c1-25-22-39(26(2)21-38(25)23-27-9-5-4-6-10-27)34(31-12-8-14-33(41)20-31)30-11-7-13-32(19-30)40-24-37-44-35(40)28-15-17-29(18-16-28)36(42)43-3/h4-20,24-26,34-35,41H,21-23H2,1-3H3. The summed E-state index contributed by atoms with van der Waals surface area (Å²) in [5.41, 5.74) is 5.75. The summed E-state index contributed by atoms with van der Waals surface area (Å²) in [5.74, 6) is -0.130. The van der Waals surface area contributed by atoms with Crippen LogP contribution in [0.5, 0.6) is 5.75 Å². The molecule has 0 amide bonds. The van der Waals surface area contributed by atoms with Gasteiger partial charge in [0.1, 0.15) is 12.1 Å². The molecule has 4 aromatic rings. The van der Waals surface area contributed by atoms with Crippen molar-refractivity contribution in [2.24, 2.45) is 5.16 Å². The van der Waals surface area contributed by atoms with Gasteiger partial charge in [0.25, 0.3) is 0 Å². The van der Waals surface area contributed by atoms with Crippen LogP contribution >= 0.6 is 0 Å². The number of carbonyl (C=O) groups excluding carboxylic acids is 1. The van der Waals surface area contributed by atoms with Gasteiger partial charge in [-0.15, -0.1) is 0 Å². The van der Waals surface area contributed by atoms with Crippen molar-refractivity contribution in [2.75, 3.05) is 25.1 Å². The minimum absolute atomic E-state index is 0.0726. The molecule has 0 aromatic heterocycles. The van der Waals surface area contributed by atoms with E-state index in [1.165, 1.54) is 12.7 Å². The lowest BCUT2D eigenvalue weighted by atomic mass is 9.92. The largest absolute Gasteiger partial charge is 0.508 e. The molecule has 2 aliphatic heterocycles. The second-order valence-corrected chi connectivity index (χ2v) is 11.6. The fourth-order valence-corrected chi connectivity index (χ4v) is 6.32. The van der Waals surface area contributed by atoms with Gasteiger partial charge in [-0.2, -0.15) is 0 Å². The van der Waals surface area contributed by atoms with Crippen LogP contribution in [0.4, 0.5) is 5.69 Å². The first-order valence-electron chi connectivity index (χ1n) is 15.0. The molecule has 4 atom stereocenters. The molecule has 44 heavy (non-hydrogen) atoms. The number of aromatic hydroxyl groups is 1. The number of hydrogen-bond acceptors (Lipinski definition) is 8. The Morgan fingerprint density at radius 1 is 0.909 bits per heavy atom. The number of anilines is 1. The predicted octanol–water partition coefficient (Wildman–Crippen LogP) is 6.34. The van der Waals surface area contributed by atoms with E-state index < -0.39 is 6.23 Å². The molecule has 0 bridgehead atoms. The number of phenols is 1. The highest BCUT2D eigenvalue weighted by molar-refractivity contribution is 5.89. The number of carbonyl (C=O) groups is 1. The second-order valence-electron chi connectivity index (χ2n) is 11.6. The second kappa shape index (κ2) is 12.9. The number of oxime groups is 1. The summed E-state index contributed by atoms with van der Waals surface area (Å²) in [6.45, 7) is 7.32. The lowest BCUT2D eigenvalue weighted by Crippen LogP contribution is -2.56. The van der Waals surface area contributed by atoms with Crippen LogP contribution in [-0.2, 0) is 16.1 Å².